The number of rotatable bonds is 4. The van der Waals surface area contributed by atoms with Crippen LogP contribution in [-0.2, 0) is 0 Å². The van der Waals surface area contributed by atoms with Gasteiger partial charge in [-0.1, -0.05) is 19.3 Å². The van der Waals surface area contributed by atoms with Crippen LogP contribution in [0.25, 0.3) is 0 Å². The first-order chi connectivity index (χ1) is 3.41. The van der Waals surface area contributed by atoms with Gasteiger partial charge in [0.05, 0.1) is 0 Å². The van der Waals surface area contributed by atoms with Gasteiger partial charge in [0.15, 0.2) is 0 Å². The van der Waals surface area contributed by atoms with Crippen LogP contribution in [0.5, 0.6) is 0 Å². The highest BCUT2D eigenvalue weighted by Gasteiger charge is 1.73. The fourth-order valence-electron chi connectivity index (χ4n) is 0.381. The third-order valence-corrected chi connectivity index (χ3v) is 0.789. The third-order valence-electron chi connectivity index (χ3n) is 0.789. The van der Waals surface area contributed by atoms with Crippen molar-refractivity contribution in [2.24, 2.45) is 0 Å². The minimum Gasteiger partial charge on any atom is -0.854 e. The maximum absolute atomic E-state index is 9.70. The largest absolute Gasteiger partial charge is 0.854 e. The summed E-state index contributed by atoms with van der Waals surface area (Å²) in [6, 6.07) is 0. The number of hydrogen-bond acceptors (Lipinski definition) is 2. The molecule has 0 aromatic carbocycles. The van der Waals surface area contributed by atoms with E-state index in [1.165, 1.54) is 0 Å². The summed E-state index contributed by atoms with van der Waals surface area (Å²) in [5.74, 6) is 0. The molecule has 0 spiro atoms. The van der Waals surface area contributed by atoms with E-state index in [2.05, 4.69) is 0 Å². The standard InChI is InChI=1S/C5H10O2/c6-4-2-1-3-5-7/h1-5H2/q-2. The maximum Gasteiger partial charge on any atom is -0.0559 e. The summed E-state index contributed by atoms with van der Waals surface area (Å²) in [4.78, 5) is 0. The van der Waals surface area contributed by atoms with Crippen LogP contribution >= 0.6 is 0 Å². The Morgan fingerprint density at radius 3 is 1.43 bits per heavy atom. The normalized spacial score (nSPS) is 9.43. The predicted molar refractivity (Wildman–Crippen MR) is 23.6 cm³/mol. The minimum atomic E-state index is -0.0278. The second-order valence-electron chi connectivity index (χ2n) is 1.47. The molecule has 0 N–H and O–H groups in total. The van der Waals surface area contributed by atoms with Gasteiger partial charge >= 0.3 is 0 Å². The van der Waals surface area contributed by atoms with Crippen molar-refractivity contribution in [3.8, 4) is 0 Å². The molecule has 0 bridgehead atoms. The molecule has 0 radical (unpaired) electrons. The molecule has 0 aromatic heterocycles. The van der Waals surface area contributed by atoms with Crippen molar-refractivity contribution in [1.82, 2.24) is 0 Å². The van der Waals surface area contributed by atoms with Crippen LogP contribution in [0.15, 0.2) is 0 Å². The van der Waals surface area contributed by atoms with Crippen molar-refractivity contribution in [2.45, 2.75) is 19.3 Å². The molecule has 0 amide bonds. The zero-order valence-corrected chi connectivity index (χ0v) is 4.35. The molecule has 0 atom stereocenters. The maximum atomic E-state index is 9.70. The Bertz CT molecular complexity index is 25.3. The Morgan fingerprint density at radius 1 is 0.714 bits per heavy atom. The number of unbranched alkanes of at least 4 members (excludes halogenated alkanes) is 2. The molecule has 0 heterocycles. The average molecular weight is 102 g/mol. The highest BCUT2D eigenvalue weighted by molar-refractivity contribution is 4.34. The lowest BCUT2D eigenvalue weighted by Crippen LogP contribution is -2.08. The molecule has 0 saturated heterocycles. The Kier molecular flexibility index (Phi) is 5.85. The minimum absolute atomic E-state index is 0.0278. The van der Waals surface area contributed by atoms with Gasteiger partial charge in [-0.2, -0.15) is 0 Å². The second-order valence-corrected chi connectivity index (χ2v) is 1.47. The monoisotopic (exact) mass is 102 g/mol. The Balaban J connectivity index is 2.45. The summed E-state index contributed by atoms with van der Waals surface area (Å²) in [6.07, 6.45) is 2.15. The summed E-state index contributed by atoms with van der Waals surface area (Å²) < 4.78 is 0. The van der Waals surface area contributed by atoms with Gasteiger partial charge in [0.25, 0.3) is 0 Å². The van der Waals surface area contributed by atoms with E-state index >= 15 is 0 Å². The van der Waals surface area contributed by atoms with E-state index in [-0.39, 0.29) is 13.2 Å². The van der Waals surface area contributed by atoms with Gasteiger partial charge in [-0.25, -0.2) is 0 Å². The zero-order chi connectivity index (χ0) is 5.54. The molecule has 0 fully saturated rings. The quantitative estimate of drug-likeness (QED) is 0.422. The lowest BCUT2D eigenvalue weighted by Gasteiger charge is -2.03. The SMILES string of the molecule is [O-]CCCCC[O-]. The molecule has 0 aliphatic carbocycles. The average Bonchev–Trinajstić information content (AvgIpc) is 1.69. The van der Waals surface area contributed by atoms with Crippen molar-refractivity contribution in [2.75, 3.05) is 13.2 Å². The molecule has 0 saturated carbocycles. The molecular weight excluding hydrogens is 92.1 g/mol. The smallest absolute Gasteiger partial charge is 0.0559 e. The zero-order valence-electron chi connectivity index (χ0n) is 4.35. The van der Waals surface area contributed by atoms with E-state index in [1.54, 1.807) is 0 Å². The van der Waals surface area contributed by atoms with Crippen LogP contribution < -0.4 is 10.2 Å². The first-order valence-electron chi connectivity index (χ1n) is 2.58. The Morgan fingerprint density at radius 2 is 1.14 bits per heavy atom. The van der Waals surface area contributed by atoms with Gasteiger partial charge in [-0.15, -0.1) is 13.2 Å². The fraction of sp³-hybridized carbons (Fsp3) is 1.00. The van der Waals surface area contributed by atoms with Crippen molar-refractivity contribution >= 4 is 0 Å². The third kappa shape index (κ3) is 5.92. The van der Waals surface area contributed by atoms with Crippen molar-refractivity contribution in [3.05, 3.63) is 0 Å². The molecule has 7 heavy (non-hydrogen) atoms. The van der Waals surface area contributed by atoms with E-state index in [0.29, 0.717) is 12.8 Å². The van der Waals surface area contributed by atoms with Gasteiger partial charge in [0, 0.05) is 0 Å². The van der Waals surface area contributed by atoms with Gasteiger partial charge in [-0.05, 0) is 0 Å². The molecule has 0 aliphatic heterocycles. The molecule has 0 aromatic rings. The van der Waals surface area contributed by atoms with Gasteiger partial charge < -0.3 is 10.2 Å². The van der Waals surface area contributed by atoms with Crippen LogP contribution in [0.1, 0.15) is 19.3 Å². The highest BCUT2D eigenvalue weighted by atomic mass is 16.3. The first kappa shape index (κ1) is 6.92. The number of hydrogen-bond donors (Lipinski definition) is 0. The summed E-state index contributed by atoms with van der Waals surface area (Å²) in [5, 5.41) is 19.4. The summed E-state index contributed by atoms with van der Waals surface area (Å²) in [7, 11) is 0. The summed E-state index contributed by atoms with van der Waals surface area (Å²) in [5.41, 5.74) is 0. The summed E-state index contributed by atoms with van der Waals surface area (Å²) >= 11 is 0. The molecule has 0 rings (SSSR count). The Hall–Kier alpha value is -0.0800. The van der Waals surface area contributed by atoms with E-state index in [1.807, 2.05) is 0 Å². The fourth-order valence-corrected chi connectivity index (χ4v) is 0.381. The van der Waals surface area contributed by atoms with Crippen LogP contribution in [0.3, 0.4) is 0 Å². The second kappa shape index (κ2) is 5.92. The molecular formula is C5H10O2-2. The summed E-state index contributed by atoms with van der Waals surface area (Å²) in [6.45, 7) is -0.0556. The predicted octanol–water partition coefficient (Wildman–Crippen LogP) is -1.12. The van der Waals surface area contributed by atoms with Crippen LogP contribution in [0.4, 0.5) is 0 Å². The molecule has 2 heteroatoms. The van der Waals surface area contributed by atoms with Gasteiger partial charge in [-0.3, -0.25) is 0 Å². The Labute approximate surface area is 43.8 Å². The molecule has 2 nitrogen and oxygen atoms in total. The van der Waals surface area contributed by atoms with Gasteiger partial charge in [0.1, 0.15) is 0 Å². The topological polar surface area (TPSA) is 46.1 Å². The van der Waals surface area contributed by atoms with Crippen LogP contribution in [0.2, 0.25) is 0 Å². The van der Waals surface area contributed by atoms with Crippen molar-refractivity contribution in [1.29, 1.82) is 0 Å². The highest BCUT2D eigenvalue weighted by Crippen LogP contribution is 1.88. The van der Waals surface area contributed by atoms with E-state index in [4.69, 9.17) is 0 Å². The van der Waals surface area contributed by atoms with Crippen LogP contribution in [-0.4, -0.2) is 13.2 Å². The van der Waals surface area contributed by atoms with Crippen molar-refractivity contribution in [3.63, 3.8) is 0 Å². The lowest BCUT2D eigenvalue weighted by molar-refractivity contribution is -0.374. The van der Waals surface area contributed by atoms with E-state index in [0.717, 1.165) is 6.42 Å². The van der Waals surface area contributed by atoms with Gasteiger partial charge in [0.2, 0.25) is 0 Å². The van der Waals surface area contributed by atoms with E-state index < -0.39 is 0 Å². The molecule has 0 unspecified atom stereocenters. The first-order valence-corrected chi connectivity index (χ1v) is 2.58. The van der Waals surface area contributed by atoms with E-state index in [9.17, 15) is 10.2 Å². The van der Waals surface area contributed by atoms with Crippen LogP contribution in [0, 0.1) is 0 Å². The lowest BCUT2D eigenvalue weighted by atomic mass is 10.2. The van der Waals surface area contributed by atoms with Crippen molar-refractivity contribution < 1.29 is 10.2 Å². The molecule has 0 aliphatic rings. The molecule has 44 valence electrons.